The van der Waals surface area contributed by atoms with Crippen LogP contribution in [-0.2, 0) is 16.8 Å². The summed E-state index contributed by atoms with van der Waals surface area (Å²) in [5.41, 5.74) is 8.48. The zero-order valence-electron chi connectivity index (χ0n) is 20.2. The molecule has 0 radical (unpaired) electrons. The summed E-state index contributed by atoms with van der Waals surface area (Å²) < 4.78 is 7.18. The van der Waals surface area contributed by atoms with Gasteiger partial charge in [-0.25, -0.2) is 9.97 Å². The Kier molecular flexibility index (Phi) is 5.72. The number of hydrogen-bond acceptors (Lipinski definition) is 9. The molecule has 11 heteroatoms. The van der Waals surface area contributed by atoms with Gasteiger partial charge in [-0.15, -0.1) is 0 Å². The van der Waals surface area contributed by atoms with Crippen LogP contribution in [-0.4, -0.2) is 54.8 Å². The first-order valence-corrected chi connectivity index (χ1v) is 11.5. The zero-order valence-corrected chi connectivity index (χ0v) is 20.2. The van der Waals surface area contributed by atoms with Crippen LogP contribution in [0.2, 0.25) is 0 Å². The molecule has 0 bridgehead atoms. The minimum absolute atomic E-state index is 0.0607. The van der Waals surface area contributed by atoms with Crippen LogP contribution in [0.4, 0.5) is 5.82 Å². The lowest BCUT2D eigenvalue weighted by Crippen LogP contribution is -2.28. The molecule has 0 spiro atoms. The van der Waals surface area contributed by atoms with E-state index in [0.717, 1.165) is 24.0 Å². The number of nitriles is 1. The molecule has 1 aliphatic rings. The first kappa shape index (κ1) is 23.2. The van der Waals surface area contributed by atoms with E-state index in [2.05, 4.69) is 27.1 Å². The number of amides is 1. The Morgan fingerprint density at radius 1 is 1.22 bits per heavy atom. The first-order valence-electron chi connectivity index (χ1n) is 11.5. The van der Waals surface area contributed by atoms with Gasteiger partial charge in [0, 0.05) is 25.9 Å². The highest BCUT2D eigenvalue weighted by Crippen LogP contribution is 2.50. The number of nitrogens with two attached hydrogens (primary N) is 1. The second-order valence-corrected chi connectivity index (χ2v) is 9.29. The molecule has 11 nitrogen and oxygen atoms in total. The maximum absolute atomic E-state index is 12.0. The fourth-order valence-corrected chi connectivity index (χ4v) is 4.21. The van der Waals surface area contributed by atoms with Crippen LogP contribution in [0.3, 0.4) is 0 Å². The van der Waals surface area contributed by atoms with E-state index in [4.69, 9.17) is 15.2 Å². The Hall–Kier alpha value is -4.59. The number of aromatic nitrogens is 6. The van der Waals surface area contributed by atoms with Crippen LogP contribution in [0.5, 0.6) is 0 Å². The molecular weight excluding hydrogens is 458 g/mol. The standard InChI is InChI=1S/C25H25N9O2/c1-25(18-8-9-18,17-6-4-15(5-7-17)20-12-28-22(27)19(10-26)30-20)24-31-23(36-32-24)16-11-29-34(13-16)14-21(35)33(2)3/h4-7,11-13,18H,8-9,14H2,1-3H3,(H2,27,28). The average Bonchev–Trinajstić information content (AvgIpc) is 3.44. The van der Waals surface area contributed by atoms with Crippen molar-refractivity contribution in [3.05, 3.63) is 59.9 Å². The Bertz CT molecular complexity index is 1460. The molecule has 0 saturated heterocycles. The lowest BCUT2D eigenvalue weighted by Gasteiger charge is -2.26. The normalized spacial score (nSPS) is 14.7. The van der Waals surface area contributed by atoms with Crippen LogP contribution in [0.15, 0.2) is 47.4 Å². The Morgan fingerprint density at radius 3 is 2.64 bits per heavy atom. The number of nitrogen functional groups attached to an aromatic ring is 1. The monoisotopic (exact) mass is 483 g/mol. The third-order valence-electron chi connectivity index (χ3n) is 6.65. The summed E-state index contributed by atoms with van der Waals surface area (Å²) in [5, 5.41) is 17.8. The largest absolute Gasteiger partial charge is 0.381 e. The van der Waals surface area contributed by atoms with Gasteiger partial charge in [0.05, 0.1) is 29.1 Å². The topological polar surface area (TPSA) is 153 Å². The number of carbonyl (C=O) groups is 1. The van der Waals surface area contributed by atoms with Gasteiger partial charge < -0.3 is 15.2 Å². The summed E-state index contributed by atoms with van der Waals surface area (Å²) in [6.07, 6.45) is 7.05. The van der Waals surface area contributed by atoms with Crippen molar-refractivity contribution in [1.29, 1.82) is 5.26 Å². The van der Waals surface area contributed by atoms with Crippen molar-refractivity contribution in [2.45, 2.75) is 31.7 Å². The third-order valence-corrected chi connectivity index (χ3v) is 6.65. The van der Waals surface area contributed by atoms with Gasteiger partial charge in [-0.05, 0) is 31.2 Å². The number of rotatable bonds is 7. The van der Waals surface area contributed by atoms with Gasteiger partial charge in [0.1, 0.15) is 12.6 Å². The first-order chi connectivity index (χ1) is 17.3. The van der Waals surface area contributed by atoms with E-state index in [1.165, 1.54) is 4.90 Å². The van der Waals surface area contributed by atoms with Crippen molar-refractivity contribution >= 4 is 11.7 Å². The number of anilines is 1. The maximum atomic E-state index is 12.0. The fraction of sp³-hybridized carbons (Fsp3) is 0.320. The summed E-state index contributed by atoms with van der Waals surface area (Å²) in [4.78, 5) is 26.6. The molecule has 2 N–H and O–H groups in total. The minimum Gasteiger partial charge on any atom is -0.381 e. The highest BCUT2D eigenvalue weighted by Gasteiger charge is 2.47. The number of benzene rings is 1. The van der Waals surface area contributed by atoms with Crippen LogP contribution in [0.25, 0.3) is 22.7 Å². The minimum atomic E-state index is -0.443. The summed E-state index contributed by atoms with van der Waals surface area (Å²) >= 11 is 0. The SMILES string of the molecule is CN(C)C(=O)Cn1cc(-c2nc(C(C)(c3ccc(-c4cnc(N)c(C#N)n4)cc3)C3CC3)no2)cn1. The van der Waals surface area contributed by atoms with Crippen LogP contribution in [0.1, 0.15) is 36.8 Å². The zero-order chi connectivity index (χ0) is 25.4. The van der Waals surface area contributed by atoms with Crippen molar-refractivity contribution in [1.82, 2.24) is 34.8 Å². The molecule has 1 aromatic carbocycles. The van der Waals surface area contributed by atoms with Crippen molar-refractivity contribution in [2.24, 2.45) is 5.92 Å². The molecule has 1 saturated carbocycles. The van der Waals surface area contributed by atoms with E-state index in [1.807, 2.05) is 30.3 Å². The van der Waals surface area contributed by atoms with E-state index < -0.39 is 5.41 Å². The number of carbonyl (C=O) groups excluding carboxylic acids is 1. The van der Waals surface area contributed by atoms with Gasteiger partial charge in [-0.3, -0.25) is 9.48 Å². The number of nitrogens with zero attached hydrogens (tertiary/aromatic N) is 8. The molecule has 1 fully saturated rings. The van der Waals surface area contributed by atoms with Crippen LogP contribution in [0, 0.1) is 17.2 Å². The molecule has 3 aromatic heterocycles. The Labute approximate surface area is 207 Å². The molecule has 3 heterocycles. The second kappa shape index (κ2) is 8.88. The number of hydrogen-bond donors (Lipinski definition) is 1. The maximum Gasteiger partial charge on any atom is 0.261 e. The average molecular weight is 484 g/mol. The molecule has 1 atom stereocenters. The van der Waals surface area contributed by atoms with Crippen LogP contribution < -0.4 is 5.73 Å². The van der Waals surface area contributed by atoms with Gasteiger partial charge in [0.25, 0.3) is 5.89 Å². The third kappa shape index (κ3) is 4.17. The molecule has 5 rings (SSSR count). The van der Waals surface area contributed by atoms with E-state index in [0.29, 0.717) is 28.9 Å². The van der Waals surface area contributed by atoms with Crippen LogP contribution >= 0.6 is 0 Å². The number of likely N-dealkylation sites (N-methyl/N-ethyl adjacent to an activating group) is 1. The van der Waals surface area contributed by atoms with E-state index >= 15 is 0 Å². The van der Waals surface area contributed by atoms with E-state index in [9.17, 15) is 10.1 Å². The summed E-state index contributed by atoms with van der Waals surface area (Å²) in [7, 11) is 3.41. The molecule has 1 unspecified atom stereocenters. The van der Waals surface area contributed by atoms with Gasteiger partial charge in [0.15, 0.2) is 17.3 Å². The van der Waals surface area contributed by atoms with Crippen molar-refractivity contribution in [3.8, 4) is 28.8 Å². The van der Waals surface area contributed by atoms with Crippen molar-refractivity contribution in [2.75, 3.05) is 19.8 Å². The molecule has 4 aromatic rings. The predicted octanol–water partition coefficient (Wildman–Crippen LogP) is 2.65. The molecule has 182 valence electrons. The van der Waals surface area contributed by atoms with E-state index in [1.54, 1.807) is 37.4 Å². The summed E-state index contributed by atoms with van der Waals surface area (Å²) in [6, 6.07) is 9.92. The fourth-order valence-electron chi connectivity index (χ4n) is 4.21. The van der Waals surface area contributed by atoms with Crippen molar-refractivity contribution in [3.63, 3.8) is 0 Å². The lowest BCUT2D eigenvalue weighted by atomic mass is 9.77. The Morgan fingerprint density at radius 2 is 1.97 bits per heavy atom. The highest BCUT2D eigenvalue weighted by molar-refractivity contribution is 5.75. The highest BCUT2D eigenvalue weighted by atomic mass is 16.5. The predicted molar refractivity (Wildman–Crippen MR) is 130 cm³/mol. The van der Waals surface area contributed by atoms with Gasteiger partial charge in [-0.1, -0.05) is 29.4 Å². The summed E-state index contributed by atoms with van der Waals surface area (Å²) in [5.74, 6) is 1.40. The second-order valence-electron chi connectivity index (χ2n) is 9.29. The lowest BCUT2D eigenvalue weighted by molar-refractivity contribution is -0.129. The van der Waals surface area contributed by atoms with Crippen molar-refractivity contribution < 1.29 is 9.32 Å². The van der Waals surface area contributed by atoms with Gasteiger partial charge in [0.2, 0.25) is 5.91 Å². The summed E-state index contributed by atoms with van der Waals surface area (Å²) in [6.45, 7) is 2.26. The molecule has 36 heavy (non-hydrogen) atoms. The quantitative estimate of drug-likeness (QED) is 0.418. The van der Waals surface area contributed by atoms with E-state index in [-0.39, 0.29) is 24.0 Å². The molecule has 1 aliphatic carbocycles. The molecule has 0 aliphatic heterocycles. The molecule has 1 amide bonds. The smallest absolute Gasteiger partial charge is 0.261 e. The Balaban J connectivity index is 1.42. The molecular formula is C25H25N9O2. The van der Waals surface area contributed by atoms with Gasteiger partial charge >= 0.3 is 0 Å². The van der Waals surface area contributed by atoms with Gasteiger partial charge in [-0.2, -0.15) is 15.3 Å².